The SMILES string of the molecule is COc1ccc(C(c2ccccc2)C(C)N(C)CC(=O)N2CCN(c3ccc(C4=NOC(CNC(C)=O)C4)cc3F)CC2)cc1. The van der Waals surface area contributed by atoms with Gasteiger partial charge in [0.25, 0.3) is 0 Å². The normalized spacial score (nSPS) is 17.8. The Hall–Kier alpha value is -4.44. The molecule has 3 aromatic rings. The van der Waals surface area contributed by atoms with E-state index >= 15 is 4.39 Å². The van der Waals surface area contributed by atoms with Crippen molar-refractivity contribution in [2.75, 3.05) is 58.3 Å². The number of ether oxygens (including phenoxy) is 1. The number of likely N-dealkylation sites (N-methyl/N-ethyl adjacent to an activating group) is 1. The van der Waals surface area contributed by atoms with Crippen LogP contribution in [0.5, 0.6) is 5.75 Å². The van der Waals surface area contributed by atoms with Crippen LogP contribution in [0.3, 0.4) is 0 Å². The summed E-state index contributed by atoms with van der Waals surface area (Å²) >= 11 is 0. The molecule has 2 aliphatic heterocycles. The van der Waals surface area contributed by atoms with Gasteiger partial charge in [0.05, 0.1) is 31.6 Å². The second-order valence-corrected chi connectivity index (χ2v) is 11.8. The highest BCUT2D eigenvalue weighted by Crippen LogP contribution is 2.32. The minimum Gasteiger partial charge on any atom is -0.497 e. The standard InChI is InChI=1S/C35H42FN5O4/c1-24(35(26-8-6-5-7-9-26)27-10-13-29(44-4)14-11-27)39(3)23-34(43)41-18-16-40(17-19-41)33-15-12-28(20-31(33)36)32-21-30(45-38-32)22-37-25(2)42/h5-15,20,24,30,35H,16-19,21-23H2,1-4H3,(H,37,42). The van der Waals surface area contributed by atoms with Crippen LogP contribution in [0.1, 0.15) is 42.9 Å². The van der Waals surface area contributed by atoms with Crippen molar-refractivity contribution >= 4 is 23.2 Å². The van der Waals surface area contributed by atoms with Crippen LogP contribution in [0.4, 0.5) is 10.1 Å². The summed E-state index contributed by atoms with van der Waals surface area (Å²) in [4.78, 5) is 36.0. The highest BCUT2D eigenvalue weighted by atomic mass is 19.1. The predicted octanol–water partition coefficient (Wildman–Crippen LogP) is 4.26. The molecule has 10 heteroatoms. The Morgan fingerprint density at radius 2 is 1.73 bits per heavy atom. The third kappa shape index (κ3) is 7.81. The molecule has 0 saturated carbocycles. The van der Waals surface area contributed by atoms with E-state index in [1.165, 1.54) is 18.6 Å². The number of oxime groups is 1. The summed E-state index contributed by atoms with van der Waals surface area (Å²) < 4.78 is 20.6. The van der Waals surface area contributed by atoms with E-state index < -0.39 is 0 Å². The number of anilines is 1. The lowest BCUT2D eigenvalue weighted by Gasteiger charge is -2.38. The molecule has 2 aliphatic rings. The smallest absolute Gasteiger partial charge is 0.236 e. The number of rotatable bonds is 11. The number of carbonyl (C=O) groups is 2. The first-order valence-corrected chi connectivity index (χ1v) is 15.4. The molecule has 3 unspecified atom stereocenters. The van der Waals surface area contributed by atoms with Gasteiger partial charge < -0.3 is 24.7 Å². The van der Waals surface area contributed by atoms with Crippen LogP contribution in [0, 0.1) is 5.82 Å². The Bertz CT molecular complexity index is 1490. The maximum Gasteiger partial charge on any atom is 0.236 e. The molecule has 2 amide bonds. The fourth-order valence-electron chi connectivity index (χ4n) is 6.04. The van der Waals surface area contributed by atoms with E-state index in [1.807, 2.05) is 53.2 Å². The van der Waals surface area contributed by atoms with E-state index in [0.29, 0.717) is 56.1 Å². The second kappa shape index (κ2) is 14.6. The highest BCUT2D eigenvalue weighted by Gasteiger charge is 2.29. The monoisotopic (exact) mass is 615 g/mol. The molecule has 45 heavy (non-hydrogen) atoms. The Morgan fingerprint density at radius 3 is 2.38 bits per heavy atom. The molecule has 9 nitrogen and oxygen atoms in total. The average Bonchev–Trinajstić information content (AvgIpc) is 3.54. The Balaban J connectivity index is 1.16. The van der Waals surface area contributed by atoms with Crippen molar-refractivity contribution in [3.8, 4) is 5.75 Å². The van der Waals surface area contributed by atoms with E-state index in [2.05, 4.69) is 46.6 Å². The molecule has 3 aromatic carbocycles. The maximum absolute atomic E-state index is 15.3. The first kappa shape index (κ1) is 32.0. The Kier molecular flexibility index (Phi) is 10.3. The fourth-order valence-corrected chi connectivity index (χ4v) is 6.04. The van der Waals surface area contributed by atoms with Crippen molar-refractivity contribution in [1.29, 1.82) is 0 Å². The van der Waals surface area contributed by atoms with Gasteiger partial charge in [-0.3, -0.25) is 14.5 Å². The van der Waals surface area contributed by atoms with Crippen LogP contribution in [-0.2, 0) is 14.4 Å². The van der Waals surface area contributed by atoms with Crippen LogP contribution < -0.4 is 15.0 Å². The van der Waals surface area contributed by atoms with Gasteiger partial charge in [-0.1, -0.05) is 53.7 Å². The molecule has 2 heterocycles. The van der Waals surface area contributed by atoms with Gasteiger partial charge in [0.1, 0.15) is 17.7 Å². The van der Waals surface area contributed by atoms with Gasteiger partial charge in [-0.25, -0.2) is 4.39 Å². The quantitative estimate of drug-likeness (QED) is 0.347. The molecule has 0 spiro atoms. The number of nitrogens with zero attached hydrogens (tertiary/aromatic N) is 4. The lowest BCUT2D eigenvalue weighted by molar-refractivity contribution is -0.133. The minimum absolute atomic E-state index is 0.0502. The molecule has 5 rings (SSSR count). The van der Waals surface area contributed by atoms with Crippen LogP contribution in [0.2, 0.25) is 0 Å². The maximum atomic E-state index is 15.3. The number of hydrogen-bond donors (Lipinski definition) is 1. The molecule has 0 aliphatic carbocycles. The number of carbonyl (C=O) groups excluding carboxylic acids is 2. The molecular weight excluding hydrogens is 573 g/mol. The molecule has 1 fully saturated rings. The van der Waals surface area contributed by atoms with Crippen molar-refractivity contribution in [2.24, 2.45) is 5.16 Å². The van der Waals surface area contributed by atoms with Crippen molar-refractivity contribution in [2.45, 2.75) is 38.3 Å². The van der Waals surface area contributed by atoms with Crippen molar-refractivity contribution in [3.63, 3.8) is 0 Å². The number of benzene rings is 3. The summed E-state index contributed by atoms with van der Waals surface area (Å²) in [5.74, 6) is 0.478. The molecular formula is C35H42FN5O4. The lowest BCUT2D eigenvalue weighted by Crippen LogP contribution is -2.52. The fraction of sp³-hybridized carbons (Fsp3) is 0.400. The summed E-state index contributed by atoms with van der Waals surface area (Å²) in [6.45, 7) is 6.39. The molecule has 0 aromatic heterocycles. The summed E-state index contributed by atoms with van der Waals surface area (Å²) in [6.07, 6.45) is 0.241. The number of amides is 2. The molecule has 238 valence electrons. The van der Waals surface area contributed by atoms with Gasteiger partial charge in [0.15, 0.2) is 0 Å². The van der Waals surface area contributed by atoms with Gasteiger partial charge in [0, 0.05) is 57.0 Å². The third-order valence-electron chi connectivity index (χ3n) is 8.76. The molecule has 1 saturated heterocycles. The third-order valence-corrected chi connectivity index (χ3v) is 8.76. The Labute approximate surface area is 264 Å². The van der Waals surface area contributed by atoms with Gasteiger partial charge >= 0.3 is 0 Å². The summed E-state index contributed by atoms with van der Waals surface area (Å²) in [5.41, 5.74) is 4.18. The number of methoxy groups -OCH3 is 1. The van der Waals surface area contributed by atoms with Crippen molar-refractivity contribution in [3.05, 3.63) is 95.3 Å². The van der Waals surface area contributed by atoms with Gasteiger partial charge in [-0.2, -0.15) is 0 Å². The Morgan fingerprint density at radius 1 is 1.04 bits per heavy atom. The van der Waals surface area contributed by atoms with Crippen LogP contribution in [0.15, 0.2) is 78.0 Å². The molecule has 3 atom stereocenters. The van der Waals surface area contributed by atoms with Crippen molar-refractivity contribution in [1.82, 2.24) is 15.1 Å². The summed E-state index contributed by atoms with van der Waals surface area (Å²) in [5, 5.41) is 6.82. The van der Waals surface area contributed by atoms with Crippen LogP contribution in [0.25, 0.3) is 0 Å². The number of piperazine rings is 1. The summed E-state index contributed by atoms with van der Waals surface area (Å²) in [6, 6.07) is 23.6. The van der Waals surface area contributed by atoms with Gasteiger partial charge in [0.2, 0.25) is 11.8 Å². The van der Waals surface area contributed by atoms with Crippen LogP contribution in [-0.4, -0.2) is 92.9 Å². The topological polar surface area (TPSA) is 86.7 Å². The first-order valence-electron chi connectivity index (χ1n) is 15.4. The predicted molar refractivity (Wildman–Crippen MR) is 173 cm³/mol. The van der Waals surface area contributed by atoms with Crippen LogP contribution >= 0.6 is 0 Å². The molecule has 0 radical (unpaired) electrons. The molecule has 1 N–H and O–H groups in total. The zero-order valence-electron chi connectivity index (χ0n) is 26.4. The average molecular weight is 616 g/mol. The second-order valence-electron chi connectivity index (χ2n) is 11.8. The van der Waals surface area contributed by atoms with E-state index in [4.69, 9.17) is 9.57 Å². The lowest BCUT2D eigenvalue weighted by atomic mass is 9.85. The van der Waals surface area contributed by atoms with Gasteiger partial charge in [-0.05, 0) is 49.4 Å². The van der Waals surface area contributed by atoms with E-state index in [-0.39, 0.29) is 42.2 Å². The number of hydrogen-bond acceptors (Lipinski definition) is 7. The highest BCUT2D eigenvalue weighted by molar-refractivity contribution is 6.01. The zero-order valence-corrected chi connectivity index (χ0v) is 26.4. The van der Waals surface area contributed by atoms with E-state index in [0.717, 1.165) is 11.3 Å². The largest absolute Gasteiger partial charge is 0.497 e. The summed E-state index contributed by atoms with van der Waals surface area (Å²) in [7, 11) is 3.66. The first-order chi connectivity index (χ1) is 21.7. The van der Waals surface area contributed by atoms with Gasteiger partial charge in [-0.15, -0.1) is 0 Å². The number of nitrogens with one attached hydrogen (secondary N) is 1. The van der Waals surface area contributed by atoms with Crippen molar-refractivity contribution < 1.29 is 23.6 Å². The zero-order chi connectivity index (χ0) is 31.9. The number of halogens is 1. The van der Waals surface area contributed by atoms with E-state index in [1.54, 1.807) is 13.2 Å². The van der Waals surface area contributed by atoms with E-state index in [9.17, 15) is 9.59 Å². The minimum atomic E-state index is -0.334. The molecule has 0 bridgehead atoms.